The zero-order valence-corrected chi connectivity index (χ0v) is 15.0. The first kappa shape index (κ1) is 18.7. The Labute approximate surface area is 150 Å². The van der Waals surface area contributed by atoms with Gasteiger partial charge < -0.3 is 10.1 Å². The molecule has 0 aliphatic carbocycles. The van der Waals surface area contributed by atoms with E-state index in [9.17, 15) is 4.79 Å². The van der Waals surface area contributed by atoms with Gasteiger partial charge in [-0.25, -0.2) is 0 Å². The Hall–Kier alpha value is -2.59. The monoisotopic (exact) mass is 338 g/mol. The molecule has 1 N–H and O–H groups in total. The van der Waals surface area contributed by atoms with Crippen LogP contribution in [0.5, 0.6) is 5.75 Å². The van der Waals surface area contributed by atoms with Crippen LogP contribution in [0.2, 0.25) is 0 Å². The lowest BCUT2D eigenvalue weighted by molar-refractivity contribution is -0.114. The Morgan fingerprint density at radius 3 is 2.52 bits per heavy atom. The maximum absolute atomic E-state index is 11.1. The summed E-state index contributed by atoms with van der Waals surface area (Å²) in [4.78, 5) is 13.4. The normalized spacial score (nSPS) is 10.5. The number of carbonyl (C=O) groups excluding carboxylic acids is 1. The van der Waals surface area contributed by atoms with Gasteiger partial charge in [0.05, 0.1) is 0 Å². The van der Waals surface area contributed by atoms with E-state index < -0.39 is 0 Å². The maximum atomic E-state index is 11.1. The van der Waals surface area contributed by atoms with E-state index in [1.165, 1.54) is 18.1 Å². The van der Waals surface area contributed by atoms with Crippen LogP contribution in [0.25, 0.3) is 0 Å². The summed E-state index contributed by atoms with van der Waals surface area (Å²) in [5.41, 5.74) is 3.20. The molecule has 0 aliphatic rings. The van der Waals surface area contributed by atoms with Crippen LogP contribution in [0.15, 0.2) is 61.2 Å². The lowest BCUT2D eigenvalue weighted by atomic mass is 10.1. The van der Waals surface area contributed by atoms with Gasteiger partial charge in [0.1, 0.15) is 12.4 Å². The van der Waals surface area contributed by atoms with Crippen molar-refractivity contribution in [3.63, 3.8) is 0 Å². The van der Waals surface area contributed by atoms with E-state index in [4.69, 9.17) is 4.74 Å². The van der Waals surface area contributed by atoms with Gasteiger partial charge in [-0.05, 0) is 30.3 Å². The number of nitrogens with zero attached hydrogens (tertiary/aromatic N) is 1. The third-order valence-electron chi connectivity index (χ3n) is 3.85. The number of para-hydroxylation sites is 1. The fourth-order valence-corrected chi connectivity index (χ4v) is 2.60. The van der Waals surface area contributed by atoms with Gasteiger partial charge in [0.2, 0.25) is 5.91 Å². The number of anilines is 1. The molecule has 0 spiro atoms. The molecule has 0 bridgehead atoms. The van der Waals surface area contributed by atoms with Gasteiger partial charge in [-0.1, -0.05) is 49.9 Å². The summed E-state index contributed by atoms with van der Waals surface area (Å²) in [7, 11) is 0. The summed E-state index contributed by atoms with van der Waals surface area (Å²) in [6.45, 7) is 10.5. The number of rotatable bonds is 9. The molecule has 132 valence electrons. The van der Waals surface area contributed by atoms with Gasteiger partial charge >= 0.3 is 0 Å². The molecule has 0 unspecified atom stereocenters. The molecule has 0 saturated carbocycles. The second kappa shape index (κ2) is 9.64. The van der Waals surface area contributed by atoms with Gasteiger partial charge in [0, 0.05) is 31.3 Å². The molecule has 0 saturated heterocycles. The van der Waals surface area contributed by atoms with Crippen LogP contribution in [0.3, 0.4) is 0 Å². The molecule has 4 heteroatoms. The van der Waals surface area contributed by atoms with Gasteiger partial charge in [-0.15, -0.1) is 0 Å². The molecule has 0 heterocycles. The molecule has 2 aromatic rings. The van der Waals surface area contributed by atoms with Crippen molar-refractivity contribution in [1.29, 1.82) is 0 Å². The summed E-state index contributed by atoms with van der Waals surface area (Å²) in [6.07, 6.45) is 1.75. The molecular formula is C21H26N2O2. The lowest BCUT2D eigenvalue weighted by Crippen LogP contribution is -2.22. The van der Waals surface area contributed by atoms with Crippen LogP contribution < -0.4 is 10.1 Å². The fraction of sp³-hybridized carbons (Fsp3) is 0.286. The van der Waals surface area contributed by atoms with Crippen LogP contribution in [0.1, 0.15) is 25.0 Å². The molecule has 0 atom stereocenters. The van der Waals surface area contributed by atoms with E-state index in [1.54, 1.807) is 6.08 Å². The van der Waals surface area contributed by atoms with Crippen LogP contribution in [-0.2, 0) is 17.9 Å². The SMILES string of the molecule is C=CCOc1ccccc1CN(CC)Cc1ccc(NC(C)=O)cc1. The van der Waals surface area contributed by atoms with Crippen molar-refractivity contribution >= 4 is 11.6 Å². The van der Waals surface area contributed by atoms with Crippen molar-refractivity contribution in [2.75, 3.05) is 18.5 Å². The molecule has 2 aromatic carbocycles. The average molecular weight is 338 g/mol. The topological polar surface area (TPSA) is 41.6 Å². The van der Waals surface area contributed by atoms with Crippen molar-refractivity contribution in [2.45, 2.75) is 26.9 Å². The number of nitrogens with one attached hydrogen (secondary N) is 1. The Morgan fingerprint density at radius 1 is 1.16 bits per heavy atom. The highest BCUT2D eigenvalue weighted by Crippen LogP contribution is 2.21. The van der Waals surface area contributed by atoms with Crippen molar-refractivity contribution in [2.24, 2.45) is 0 Å². The summed E-state index contributed by atoms with van der Waals surface area (Å²) >= 11 is 0. The largest absolute Gasteiger partial charge is 0.489 e. The summed E-state index contributed by atoms with van der Waals surface area (Å²) < 4.78 is 5.75. The Morgan fingerprint density at radius 2 is 1.88 bits per heavy atom. The number of amides is 1. The number of hydrogen-bond acceptors (Lipinski definition) is 3. The number of benzene rings is 2. The first-order valence-corrected chi connectivity index (χ1v) is 8.53. The first-order valence-electron chi connectivity index (χ1n) is 8.53. The summed E-state index contributed by atoms with van der Waals surface area (Å²) in [6, 6.07) is 16.1. The molecule has 0 aromatic heterocycles. The molecule has 4 nitrogen and oxygen atoms in total. The number of ether oxygens (including phenoxy) is 1. The average Bonchev–Trinajstić information content (AvgIpc) is 2.61. The third kappa shape index (κ3) is 6.08. The Balaban J connectivity index is 2.03. The highest BCUT2D eigenvalue weighted by atomic mass is 16.5. The Bertz CT molecular complexity index is 695. The van der Waals surface area contributed by atoms with Crippen molar-refractivity contribution in [1.82, 2.24) is 4.90 Å². The number of hydrogen-bond donors (Lipinski definition) is 1. The van der Waals surface area contributed by atoms with Gasteiger partial charge in [0.25, 0.3) is 0 Å². The van der Waals surface area contributed by atoms with E-state index in [2.05, 4.69) is 29.8 Å². The molecule has 0 aliphatic heterocycles. The number of carbonyl (C=O) groups is 1. The molecule has 2 rings (SSSR count). The minimum Gasteiger partial charge on any atom is -0.489 e. The third-order valence-corrected chi connectivity index (χ3v) is 3.85. The maximum Gasteiger partial charge on any atom is 0.221 e. The van der Waals surface area contributed by atoms with Crippen molar-refractivity contribution in [3.05, 3.63) is 72.3 Å². The van der Waals surface area contributed by atoms with Gasteiger partial charge in [-0.3, -0.25) is 9.69 Å². The second-order valence-corrected chi connectivity index (χ2v) is 5.89. The van der Waals surface area contributed by atoms with Crippen molar-refractivity contribution < 1.29 is 9.53 Å². The molecule has 25 heavy (non-hydrogen) atoms. The van der Waals surface area contributed by atoms with E-state index in [-0.39, 0.29) is 5.91 Å². The second-order valence-electron chi connectivity index (χ2n) is 5.89. The van der Waals surface area contributed by atoms with Gasteiger partial charge in [0.15, 0.2) is 0 Å². The van der Waals surface area contributed by atoms with E-state index in [0.29, 0.717) is 6.61 Å². The Kier molecular flexibility index (Phi) is 7.23. The predicted molar refractivity (Wildman–Crippen MR) is 103 cm³/mol. The van der Waals surface area contributed by atoms with E-state index in [0.717, 1.165) is 31.1 Å². The van der Waals surface area contributed by atoms with Crippen LogP contribution >= 0.6 is 0 Å². The van der Waals surface area contributed by atoms with Gasteiger partial charge in [-0.2, -0.15) is 0 Å². The van der Waals surface area contributed by atoms with Crippen molar-refractivity contribution in [3.8, 4) is 5.75 Å². The zero-order chi connectivity index (χ0) is 18.1. The van der Waals surface area contributed by atoms with E-state index in [1.807, 2.05) is 42.5 Å². The summed E-state index contributed by atoms with van der Waals surface area (Å²) in [5, 5.41) is 2.79. The molecular weight excluding hydrogens is 312 g/mol. The van der Waals surface area contributed by atoms with Crippen LogP contribution in [0.4, 0.5) is 5.69 Å². The lowest BCUT2D eigenvalue weighted by Gasteiger charge is -2.22. The minimum atomic E-state index is -0.0564. The quantitative estimate of drug-likeness (QED) is 0.696. The predicted octanol–water partition coefficient (Wildman–Crippen LogP) is 4.23. The molecule has 0 radical (unpaired) electrons. The van der Waals surface area contributed by atoms with Crippen LogP contribution in [-0.4, -0.2) is 24.0 Å². The van der Waals surface area contributed by atoms with Crippen LogP contribution in [0, 0.1) is 0 Å². The molecule has 0 fully saturated rings. The first-order chi connectivity index (χ1) is 12.1. The molecule has 1 amide bonds. The highest BCUT2D eigenvalue weighted by molar-refractivity contribution is 5.88. The van der Waals surface area contributed by atoms with E-state index >= 15 is 0 Å². The highest BCUT2D eigenvalue weighted by Gasteiger charge is 2.09. The minimum absolute atomic E-state index is 0.0564. The smallest absolute Gasteiger partial charge is 0.221 e. The zero-order valence-electron chi connectivity index (χ0n) is 15.0. The summed E-state index contributed by atoms with van der Waals surface area (Å²) in [5.74, 6) is 0.848. The standard InChI is InChI=1S/C21H26N2O2/c1-4-14-25-21-9-7-6-8-19(21)16-23(5-2)15-18-10-12-20(13-11-18)22-17(3)24/h4,6-13H,1,5,14-16H2,2-3H3,(H,22,24). The fourth-order valence-electron chi connectivity index (χ4n) is 2.60.